The molecule has 1 unspecified atom stereocenters. The molecule has 0 saturated heterocycles. The van der Waals surface area contributed by atoms with Gasteiger partial charge in [0.05, 0.1) is 0 Å². The van der Waals surface area contributed by atoms with Crippen molar-refractivity contribution in [1.82, 2.24) is 0 Å². The second-order valence-corrected chi connectivity index (χ2v) is 4.05. The molecular formula is C15H10ClFO. The molecule has 1 atom stereocenters. The first kappa shape index (κ1) is 12.5. The number of terminal acetylenes is 1. The van der Waals surface area contributed by atoms with Crippen LogP contribution in [0.2, 0.25) is 5.02 Å². The fourth-order valence-corrected chi connectivity index (χ4v) is 1.75. The Morgan fingerprint density at radius 2 is 1.89 bits per heavy atom. The van der Waals surface area contributed by atoms with Crippen LogP contribution in [0, 0.1) is 18.2 Å². The highest BCUT2D eigenvalue weighted by Gasteiger charge is 2.14. The normalized spacial score (nSPS) is 11.6. The van der Waals surface area contributed by atoms with Gasteiger partial charge in [-0.25, -0.2) is 4.39 Å². The van der Waals surface area contributed by atoms with Crippen LogP contribution in [-0.2, 0) is 0 Å². The maximum atomic E-state index is 13.2. The maximum absolute atomic E-state index is 13.2. The van der Waals surface area contributed by atoms with E-state index in [1.165, 1.54) is 18.2 Å². The van der Waals surface area contributed by atoms with Crippen molar-refractivity contribution in [2.45, 2.75) is 6.10 Å². The van der Waals surface area contributed by atoms with Crippen LogP contribution in [0.4, 0.5) is 4.39 Å². The van der Waals surface area contributed by atoms with Gasteiger partial charge in [-0.05, 0) is 30.3 Å². The molecule has 0 radical (unpaired) electrons. The second-order valence-electron chi connectivity index (χ2n) is 3.64. The molecule has 0 saturated carbocycles. The average molecular weight is 261 g/mol. The quantitative estimate of drug-likeness (QED) is 0.751. The molecule has 0 fully saturated rings. The minimum Gasteiger partial charge on any atom is -0.473 e. The molecule has 0 amide bonds. The predicted octanol–water partition coefficient (Wildman–Crippen LogP) is 4.23. The highest BCUT2D eigenvalue weighted by atomic mass is 35.5. The first-order valence-electron chi connectivity index (χ1n) is 5.33. The van der Waals surface area contributed by atoms with Crippen LogP contribution in [0.25, 0.3) is 0 Å². The summed E-state index contributed by atoms with van der Waals surface area (Å²) in [5.74, 6) is 2.68. The largest absolute Gasteiger partial charge is 0.473 e. The molecular weight excluding hydrogens is 251 g/mol. The molecule has 1 nitrogen and oxygen atoms in total. The Hall–Kier alpha value is -1.98. The zero-order chi connectivity index (χ0) is 13.0. The summed E-state index contributed by atoms with van der Waals surface area (Å²) < 4.78 is 18.8. The molecule has 3 heteroatoms. The fraction of sp³-hybridized carbons (Fsp3) is 0.0667. The summed E-state index contributed by atoms with van der Waals surface area (Å²) in [6, 6.07) is 13.1. The summed E-state index contributed by atoms with van der Waals surface area (Å²) in [5.41, 5.74) is 0.447. The van der Waals surface area contributed by atoms with Crippen molar-refractivity contribution in [3.05, 3.63) is 64.9 Å². The number of ether oxygens (including phenoxy) is 1. The van der Waals surface area contributed by atoms with E-state index in [-0.39, 0.29) is 0 Å². The summed E-state index contributed by atoms with van der Waals surface area (Å²) in [4.78, 5) is 0. The molecule has 0 aliphatic heterocycles. The molecule has 0 heterocycles. The number of rotatable bonds is 3. The number of hydrogen-bond donors (Lipinski definition) is 0. The lowest BCUT2D eigenvalue weighted by molar-refractivity contribution is 0.264. The van der Waals surface area contributed by atoms with E-state index in [9.17, 15) is 4.39 Å². The monoisotopic (exact) mass is 260 g/mol. The van der Waals surface area contributed by atoms with Crippen molar-refractivity contribution in [2.75, 3.05) is 0 Å². The van der Waals surface area contributed by atoms with E-state index in [0.29, 0.717) is 16.3 Å². The minimum absolute atomic E-state index is 0.385. The van der Waals surface area contributed by atoms with Gasteiger partial charge < -0.3 is 4.74 Å². The molecule has 90 valence electrons. The Bertz CT molecular complexity index is 575. The van der Waals surface area contributed by atoms with Crippen LogP contribution >= 0.6 is 11.6 Å². The van der Waals surface area contributed by atoms with Gasteiger partial charge in [0.15, 0.2) is 6.10 Å². The van der Waals surface area contributed by atoms with E-state index in [0.717, 1.165) is 0 Å². The molecule has 18 heavy (non-hydrogen) atoms. The molecule has 0 aliphatic rings. The zero-order valence-electron chi connectivity index (χ0n) is 9.44. The molecule has 2 aromatic carbocycles. The molecule has 0 N–H and O–H groups in total. The SMILES string of the molecule is C#CC(Oc1ccccc1)c1cc(F)ccc1Cl. The number of para-hydroxylation sites is 1. The number of hydrogen-bond acceptors (Lipinski definition) is 1. The smallest absolute Gasteiger partial charge is 0.185 e. The molecule has 0 bridgehead atoms. The standard InChI is InChI=1S/C15H10ClFO/c1-2-15(18-12-6-4-3-5-7-12)13-10-11(17)8-9-14(13)16/h1,3-10,15H. The van der Waals surface area contributed by atoms with E-state index in [1.807, 2.05) is 18.2 Å². The number of benzene rings is 2. The van der Waals surface area contributed by atoms with Crippen LogP contribution in [-0.4, -0.2) is 0 Å². The van der Waals surface area contributed by atoms with E-state index >= 15 is 0 Å². The van der Waals surface area contributed by atoms with E-state index in [1.54, 1.807) is 12.1 Å². The minimum atomic E-state index is -0.712. The third-order valence-corrected chi connectivity index (χ3v) is 2.73. The average Bonchev–Trinajstić information content (AvgIpc) is 2.40. The topological polar surface area (TPSA) is 9.23 Å². The third kappa shape index (κ3) is 2.82. The Morgan fingerprint density at radius 1 is 1.17 bits per heavy atom. The van der Waals surface area contributed by atoms with Crippen molar-refractivity contribution in [2.24, 2.45) is 0 Å². The Balaban J connectivity index is 2.29. The highest BCUT2D eigenvalue weighted by molar-refractivity contribution is 6.31. The van der Waals surface area contributed by atoms with Gasteiger partial charge in [0.1, 0.15) is 11.6 Å². The van der Waals surface area contributed by atoms with Crippen molar-refractivity contribution >= 4 is 11.6 Å². The summed E-state index contributed by atoms with van der Waals surface area (Å²) in [6.45, 7) is 0. The van der Waals surface area contributed by atoms with Gasteiger partial charge in [-0.1, -0.05) is 35.7 Å². The van der Waals surface area contributed by atoms with Crippen LogP contribution in [0.15, 0.2) is 48.5 Å². The highest BCUT2D eigenvalue weighted by Crippen LogP contribution is 2.27. The lowest BCUT2D eigenvalue weighted by Crippen LogP contribution is -2.06. The summed E-state index contributed by atoms with van der Waals surface area (Å²) >= 11 is 5.99. The van der Waals surface area contributed by atoms with Gasteiger partial charge in [0.25, 0.3) is 0 Å². The Labute approximate surface area is 110 Å². The first-order valence-corrected chi connectivity index (χ1v) is 5.71. The van der Waals surface area contributed by atoms with E-state index in [4.69, 9.17) is 22.8 Å². The van der Waals surface area contributed by atoms with E-state index < -0.39 is 11.9 Å². The molecule has 0 spiro atoms. The van der Waals surface area contributed by atoms with Gasteiger partial charge in [0.2, 0.25) is 0 Å². The van der Waals surface area contributed by atoms with E-state index in [2.05, 4.69) is 5.92 Å². The van der Waals surface area contributed by atoms with Crippen LogP contribution in [0.5, 0.6) is 5.75 Å². The lowest BCUT2D eigenvalue weighted by Gasteiger charge is -2.15. The van der Waals surface area contributed by atoms with Crippen molar-refractivity contribution in [3.8, 4) is 18.1 Å². The first-order chi connectivity index (χ1) is 8.70. The Morgan fingerprint density at radius 3 is 2.56 bits per heavy atom. The van der Waals surface area contributed by atoms with Gasteiger partial charge in [0, 0.05) is 10.6 Å². The van der Waals surface area contributed by atoms with Gasteiger partial charge in [-0.2, -0.15) is 0 Å². The second kappa shape index (κ2) is 5.57. The lowest BCUT2D eigenvalue weighted by atomic mass is 10.1. The third-order valence-electron chi connectivity index (χ3n) is 2.39. The van der Waals surface area contributed by atoms with Gasteiger partial charge in [-0.3, -0.25) is 0 Å². The summed E-state index contributed by atoms with van der Waals surface area (Å²) in [7, 11) is 0. The molecule has 0 aromatic heterocycles. The zero-order valence-corrected chi connectivity index (χ0v) is 10.2. The van der Waals surface area contributed by atoms with Gasteiger partial charge in [-0.15, -0.1) is 6.42 Å². The summed E-state index contributed by atoms with van der Waals surface area (Å²) in [5, 5.41) is 0.385. The predicted molar refractivity (Wildman–Crippen MR) is 70.1 cm³/mol. The number of halogens is 2. The molecule has 2 aromatic rings. The van der Waals surface area contributed by atoms with Crippen molar-refractivity contribution in [3.63, 3.8) is 0 Å². The fourth-order valence-electron chi connectivity index (χ4n) is 1.54. The van der Waals surface area contributed by atoms with Crippen molar-refractivity contribution < 1.29 is 9.13 Å². The molecule has 2 rings (SSSR count). The van der Waals surface area contributed by atoms with Gasteiger partial charge >= 0.3 is 0 Å². The van der Waals surface area contributed by atoms with Crippen LogP contribution < -0.4 is 4.74 Å². The molecule has 0 aliphatic carbocycles. The van der Waals surface area contributed by atoms with Crippen molar-refractivity contribution in [1.29, 1.82) is 0 Å². The van der Waals surface area contributed by atoms with Crippen LogP contribution in [0.1, 0.15) is 11.7 Å². The maximum Gasteiger partial charge on any atom is 0.185 e. The summed E-state index contributed by atoms with van der Waals surface area (Å²) in [6.07, 6.45) is 4.70. The van der Waals surface area contributed by atoms with Crippen LogP contribution in [0.3, 0.4) is 0 Å². The Kier molecular flexibility index (Phi) is 3.86.